The quantitative estimate of drug-likeness (QED) is 0.179. The minimum atomic E-state index is -5.29. The Kier molecular flexibility index (Phi) is 10.8. The van der Waals surface area contributed by atoms with E-state index in [-0.39, 0.29) is 12.0 Å². The molecule has 1 aliphatic rings. The molecule has 3 rings (SSSR count). The maximum Gasteiger partial charge on any atom is 0.432 e. The number of hydrogen-bond acceptors (Lipinski definition) is 8. The zero-order chi connectivity index (χ0) is 35.5. The Morgan fingerprint density at radius 3 is 1.72 bits per heavy atom. The van der Waals surface area contributed by atoms with Gasteiger partial charge in [-0.15, -0.1) is 0 Å². The van der Waals surface area contributed by atoms with Gasteiger partial charge in [-0.05, 0) is 25.2 Å². The van der Waals surface area contributed by atoms with Gasteiger partial charge in [0.05, 0.1) is 0 Å². The lowest BCUT2D eigenvalue weighted by molar-refractivity contribution is -0.277. The Morgan fingerprint density at radius 2 is 1.30 bits per heavy atom. The number of ether oxygens (including phenoxy) is 4. The van der Waals surface area contributed by atoms with Crippen LogP contribution in [-0.2, 0) is 44.5 Å². The van der Waals surface area contributed by atoms with E-state index in [1.54, 1.807) is 0 Å². The van der Waals surface area contributed by atoms with E-state index in [0.29, 0.717) is 14.2 Å². The third kappa shape index (κ3) is 6.85. The minimum Gasteiger partial charge on any atom is -0.458 e. The summed E-state index contributed by atoms with van der Waals surface area (Å²) in [5.41, 5.74) is -12.1. The first-order chi connectivity index (χ1) is 21.7. The second kappa shape index (κ2) is 13.6. The number of allylic oxidation sites excluding steroid dienone is 1. The van der Waals surface area contributed by atoms with Crippen molar-refractivity contribution in [3.8, 4) is 0 Å². The normalized spacial score (nSPS) is 21.7. The van der Waals surface area contributed by atoms with Gasteiger partial charge in [0.1, 0.15) is 18.3 Å². The van der Waals surface area contributed by atoms with Crippen LogP contribution >= 0.6 is 0 Å². The maximum atomic E-state index is 14.3. The van der Waals surface area contributed by atoms with Crippen LogP contribution < -0.4 is 0 Å². The van der Waals surface area contributed by atoms with Crippen LogP contribution in [-0.4, -0.2) is 67.7 Å². The Labute approximate surface area is 266 Å². The Bertz CT molecular complexity index is 1500. The fraction of sp³-hybridized carbons (Fsp3) is 0.424. The lowest BCUT2D eigenvalue weighted by atomic mass is 9.64. The summed E-state index contributed by atoms with van der Waals surface area (Å²) in [7, 11) is 1.37. The molecule has 47 heavy (non-hydrogen) atoms. The molecule has 0 fully saturated rings. The number of halogens is 6. The molecule has 14 heteroatoms. The fourth-order valence-corrected chi connectivity index (χ4v) is 5.43. The van der Waals surface area contributed by atoms with Crippen LogP contribution in [0.5, 0.6) is 0 Å². The summed E-state index contributed by atoms with van der Waals surface area (Å²) < 4.78 is 105. The molecule has 0 spiro atoms. The van der Waals surface area contributed by atoms with Crippen molar-refractivity contribution in [3.63, 3.8) is 0 Å². The largest absolute Gasteiger partial charge is 0.458 e. The number of rotatable bonds is 11. The van der Waals surface area contributed by atoms with Crippen LogP contribution in [0.25, 0.3) is 0 Å². The minimum absolute atomic E-state index is 0.275. The number of hydrogen-bond donors (Lipinski definition) is 1. The molecule has 2 aromatic carbocycles. The zero-order valence-electron chi connectivity index (χ0n) is 26.1. The molecule has 2 aromatic rings. The predicted molar refractivity (Wildman–Crippen MR) is 154 cm³/mol. The first-order valence-corrected chi connectivity index (χ1v) is 14.1. The molecule has 0 saturated heterocycles. The van der Waals surface area contributed by atoms with Crippen LogP contribution in [0.15, 0.2) is 84.5 Å². The average molecular weight is 673 g/mol. The van der Waals surface area contributed by atoms with Crippen molar-refractivity contribution in [1.29, 1.82) is 0 Å². The second-order valence-corrected chi connectivity index (χ2v) is 11.5. The van der Waals surface area contributed by atoms with Crippen molar-refractivity contribution in [2.75, 3.05) is 20.8 Å². The highest BCUT2D eigenvalue weighted by Gasteiger charge is 2.65. The second-order valence-electron chi connectivity index (χ2n) is 11.5. The summed E-state index contributed by atoms with van der Waals surface area (Å²) in [6.07, 6.45) is -9.30. The molecule has 0 saturated carbocycles. The summed E-state index contributed by atoms with van der Waals surface area (Å²) in [5.74, 6) is -4.24. The molecule has 4 atom stereocenters. The van der Waals surface area contributed by atoms with E-state index < -0.39 is 76.1 Å². The first-order valence-electron chi connectivity index (χ1n) is 14.1. The van der Waals surface area contributed by atoms with Crippen LogP contribution in [0.2, 0.25) is 0 Å². The number of carbonyl (C=O) groups is 3. The molecule has 0 heterocycles. The third-order valence-corrected chi connectivity index (χ3v) is 8.08. The van der Waals surface area contributed by atoms with E-state index >= 15 is 0 Å². The third-order valence-electron chi connectivity index (χ3n) is 8.08. The summed E-state index contributed by atoms with van der Waals surface area (Å²) in [4.78, 5) is 38.7. The summed E-state index contributed by atoms with van der Waals surface area (Å²) in [6.45, 7) is 3.07. The average Bonchev–Trinajstić information content (AvgIpc) is 2.98. The van der Waals surface area contributed by atoms with Crippen molar-refractivity contribution in [1.82, 2.24) is 0 Å². The number of ketones is 1. The van der Waals surface area contributed by atoms with Crippen LogP contribution in [0, 0.1) is 5.41 Å². The molecule has 1 aliphatic carbocycles. The van der Waals surface area contributed by atoms with Gasteiger partial charge in [-0.25, -0.2) is 9.59 Å². The molecular formula is C33H34F6O8. The molecule has 0 aliphatic heterocycles. The number of methoxy groups -OCH3 is 2. The van der Waals surface area contributed by atoms with Gasteiger partial charge >= 0.3 is 24.3 Å². The van der Waals surface area contributed by atoms with E-state index in [9.17, 15) is 45.8 Å². The Morgan fingerprint density at radius 1 is 0.851 bits per heavy atom. The van der Waals surface area contributed by atoms with Crippen molar-refractivity contribution in [2.24, 2.45) is 5.41 Å². The van der Waals surface area contributed by atoms with Crippen LogP contribution in [0.1, 0.15) is 38.3 Å². The predicted octanol–water partition coefficient (Wildman–Crippen LogP) is 5.88. The number of esters is 2. The van der Waals surface area contributed by atoms with Gasteiger partial charge in [0.15, 0.2) is 5.78 Å². The lowest BCUT2D eigenvalue weighted by Gasteiger charge is -2.45. The Hall–Kier alpha value is -4.01. The Balaban J connectivity index is 1.94. The van der Waals surface area contributed by atoms with Gasteiger partial charge in [-0.1, -0.05) is 74.5 Å². The molecule has 0 amide bonds. The molecule has 0 radical (unpaired) electrons. The van der Waals surface area contributed by atoms with Gasteiger partial charge in [0, 0.05) is 42.8 Å². The van der Waals surface area contributed by atoms with E-state index in [0.717, 1.165) is 42.5 Å². The molecule has 0 aromatic heterocycles. The molecule has 1 N–H and O–H groups in total. The lowest BCUT2D eigenvalue weighted by Crippen LogP contribution is -2.53. The van der Waals surface area contributed by atoms with Gasteiger partial charge in [-0.3, -0.25) is 4.79 Å². The highest BCUT2D eigenvalue weighted by atomic mass is 19.4. The van der Waals surface area contributed by atoms with E-state index in [1.165, 1.54) is 57.2 Å². The molecular weight excluding hydrogens is 638 g/mol. The number of aliphatic hydroxyl groups is 1. The monoisotopic (exact) mass is 672 g/mol. The van der Waals surface area contributed by atoms with Gasteiger partial charge in [0.2, 0.25) is 0 Å². The topological polar surface area (TPSA) is 108 Å². The first kappa shape index (κ1) is 37.4. The van der Waals surface area contributed by atoms with Crippen molar-refractivity contribution in [3.05, 3.63) is 95.6 Å². The number of alkyl halides is 6. The van der Waals surface area contributed by atoms with Gasteiger partial charge < -0.3 is 24.1 Å². The zero-order valence-corrected chi connectivity index (χ0v) is 26.1. The highest BCUT2D eigenvalue weighted by molar-refractivity contribution is 5.93. The van der Waals surface area contributed by atoms with E-state index in [1.807, 2.05) is 0 Å². The van der Waals surface area contributed by atoms with Crippen LogP contribution in [0.4, 0.5) is 26.3 Å². The fourth-order valence-electron chi connectivity index (χ4n) is 5.43. The van der Waals surface area contributed by atoms with Crippen molar-refractivity contribution in [2.45, 2.75) is 62.5 Å². The highest BCUT2D eigenvalue weighted by Crippen LogP contribution is 2.47. The van der Waals surface area contributed by atoms with E-state index in [2.05, 4.69) is 0 Å². The molecule has 0 unspecified atom stereocenters. The maximum absolute atomic E-state index is 14.3. The van der Waals surface area contributed by atoms with Gasteiger partial charge in [0.25, 0.3) is 11.2 Å². The summed E-state index contributed by atoms with van der Waals surface area (Å²) in [5, 5.41) is 11.8. The van der Waals surface area contributed by atoms with Crippen LogP contribution in [0.3, 0.4) is 0 Å². The van der Waals surface area contributed by atoms with Crippen molar-refractivity contribution >= 4 is 17.7 Å². The summed E-state index contributed by atoms with van der Waals surface area (Å²) in [6, 6.07) is 12.0. The van der Waals surface area contributed by atoms with Crippen molar-refractivity contribution < 1.29 is 64.8 Å². The smallest absolute Gasteiger partial charge is 0.432 e. The molecule has 0 bridgehead atoms. The standard InChI is InChI=1S/C33H34F6O8/c1-21(47-27(42)31(45-5,33(37,38)39)23-14-10-7-11-15-23)16-17-29(43)24(18-25(40)19-28(29,2)3)20-46-26(41)30(44-4,32(34,35)36)22-12-8-6-9-13-22/h6-18,21,43H,19-20H2,1-5H3/b17-16+/t21-,29+,30+,31+/m0/s1. The van der Waals surface area contributed by atoms with E-state index in [4.69, 9.17) is 18.9 Å². The number of benzene rings is 2. The summed E-state index contributed by atoms with van der Waals surface area (Å²) >= 11 is 0. The van der Waals surface area contributed by atoms with Gasteiger partial charge in [-0.2, -0.15) is 26.3 Å². The molecule has 256 valence electrons. The SMILES string of the molecule is CO[C@@](C(=O)OCC1=CC(=O)CC(C)(C)[C@@]1(O)/C=C/[C@H](C)OC(=O)[C@](OC)(c1ccccc1)C(F)(F)F)(c1ccccc1)C(F)(F)F. The molecule has 8 nitrogen and oxygen atoms in total. The number of carbonyl (C=O) groups excluding carboxylic acids is 3.